The van der Waals surface area contributed by atoms with Crippen LogP contribution in [0.2, 0.25) is 0 Å². The van der Waals surface area contributed by atoms with Crippen molar-refractivity contribution in [3.8, 4) is 0 Å². The number of fused-ring (bicyclic) bond motifs is 1. The Balaban J connectivity index is 2.16. The number of hydrogen-bond acceptors (Lipinski definition) is 2. The summed E-state index contributed by atoms with van der Waals surface area (Å²) >= 11 is 4.94. The smallest absolute Gasteiger partial charge is 0.230 e. The van der Waals surface area contributed by atoms with Crippen LogP contribution in [0.15, 0.2) is 24.3 Å². The van der Waals surface area contributed by atoms with Crippen molar-refractivity contribution in [2.45, 2.75) is 44.6 Å². The van der Waals surface area contributed by atoms with Gasteiger partial charge in [0.2, 0.25) is 5.91 Å². The van der Waals surface area contributed by atoms with Crippen molar-refractivity contribution >= 4 is 23.1 Å². The SMILES string of the molecule is CC(CC(N)=S)N(C)C(=O)C1CCCc2ccccc21. The van der Waals surface area contributed by atoms with Crippen LogP contribution in [0.3, 0.4) is 0 Å². The molecular formula is C16H22N2OS. The third-order valence-corrected chi connectivity index (χ3v) is 4.34. The first kappa shape index (κ1) is 15.0. The van der Waals surface area contributed by atoms with Gasteiger partial charge in [-0.1, -0.05) is 36.5 Å². The first-order chi connectivity index (χ1) is 9.50. The van der Waals surface area contributed by atoms with Crippen molar-refractivity contribution in [2.75, 3.05) is 7.05 Å². The molecule has 0 fully saturated rings. The quantitative estimate of drug-likeness (QED) is 0.867. The van der Waals surface area contributed by atoms with Crippen LogP contribution in [-0.4, -0.2) is 28.9 Å². The Morgan fingerprint density at radius 2 is 2.20 bits per heavy atom. The molecule has 0 saturated heterocycles. The van der Waals surface area contributed by atoms with Gasteiger partial charge in [0.1, 0.15) is 0 Å². The average molecular weight is 290 g/mol. The van der Waals surface area contributed by atoms with Gasteiger partial charge in [-0.15, -0.1) is 0 Å². The summed E-state index contributed by atoms with van der Waals surface area (Å²) in [4.78, 5) is 15.0. The molecule has 1 amide bonds. The van der Waals surface area contributed by atoms with Gasteiger partial charge in [-0.05, 0) is 37.3 Å². The van der Waals surface area contributed by atoms with Crippen molar-refractivity contribution in [2.24, 2.45) is 5.73 Å². The van der Waals surface area contributed by atoms with Crippen molar-refractivity contribution in [1.82, 2.24) is 4.90 Å². The normalized spacial score (nSPS) is 19.0. The molecule has 0 bridgehead atoms. The Hall–Kier alpha value is -1.42. The molecular weight excluding hydrogens is 268 g/mol. The van der Waals surface area contributed by atoms with Crippen molar-refractivity contribution in [3.05, 3.63) is 35.4 Å². The third kappa shape index (κ3) is 3.18. The van der Waals surface area contributed by atoms with E-state index < -0.39 is 0 Å². The summed E-state index contributed by atoms with van der Waals surface area (Å²) in [6, 6.07) is 8.33. The lowest BCUT2D eigenvalue weighted by molar-refractivity contribution is -0.133. The summed E-state index contributed by atoms with van der Waals surface area (Å²) in [6.07, 6.45) is 3.66. The molecule has 2 rings (SSSR count). The molecule has 108 valence electrons. The summed E-state index contributed by atoms with van der Waals surface area (Å²) < 4.78 is 0. The minimum Gasteiger partial charge on any atom is -0.393 e. The number of carbonyl (C=O) groups excluding carboxylic acids is 1. The molecule has 1 aliphatic carbocycles. The van der Waals surface area contributed by atoms with E-state index in [1.54, 1.807) is 4.90 Å². The maximum Gasteiger partial charge on any atom is 0.230 e. The zero-order valence-electron chi connectivity index (χ0n) is 12.1. The summed E-state index contributed by atoms with van der Waals surface area (Å²) in [6.45, 7) is 1.99. The molecule has 1 aliphatic rings. The zero-order chi connectivity index (χ0) is 14.7. The van der Waals surface area contributed by atoms with E-state index >= 15 is 0 Å². The summed E-state index contributed by atoms with van der Waals surface area (Å²) in [5, 5.41) is 0. The maximum atomic E-state index is 12.7. The molecule has 3 nitrogen and oxygen atoms in total. The largest absolute Gasteiger partial charge is 0.393 e. The Labute approximate surface area is 126 Å². The molecule has 1 aromatic carbocycles. The number of nitrogens with zero attached hydrogens (tertiary/aromatic N) is 1. The molecule has 4 heteroatoms. The van der Waals surface area contributed by atoms with Gasteiger partial charge in [-0.3, -0.25) is 4.79 Å². The first-order valence-corrected chi connectivity index (χ1v) is 7.54. The molecule has 2 atom stereocenters. The number of thiocarbonyl (C=S) groups is 1. The number of aryl methyl sites for hydroxylation is 1. The highest BCUT2D eigenvalue weighted by Gasteiger charge is 2.30. The predicted octanol–water partition coefficient (Wildman–Crippen LogP) is 2.63. The van der Waals surface area contributed by atoms with Gasteiger partial charge in [0.15, 0.2) is 0 Å². The Bertz CT molecular complexity index is 515. The standard InChI is InChI=1S/C16H22N2OS/c1-11(10-15(17)20)18(2)16(19)14-9-5-7-12-6-3-4-8-13(12)14/h3-4,6,8,11,14H,5,7,9-10H2,1-2H3,(H2,17,20). The lowest BCUT2D eigenvalue weighted by Gasteiger charge is -2.32. The van der Waals surface area contributed by atoms with Gasteiger partial charge in [0.05, 0.1) is 10.9 Å². The average Bonchev–Trinajstić information content (AvgIpc) is 2.44. The number of benzene rings is 1. The molecule has 0 spiro atoms. The van der Waals surface area contributed by atoms with Gasteiger partial charge in [-0.25, -0.2) is 0 Å². The fourth-order valence-corrected chi connectivity index (χ4v) is 3.14. The highest BCUT2D eigenvalue weighted by atomic mass is 32.1. The lowest BCUT2D eigenvalue weighted by Crippen LogP contribution is -2.40. The molecule has 0 radical (unpaired) electrons. The van der Waals surface area contributed by atoms with Crippen LogP contribution < -0.4 is 5.73 Å². The van der Waals surface area contributed by atoms with E-state index in [4.69, 9.17) is 18.0 Å². The Morgan fingerprint density at radius 3 is 2.90 bits per heavy atom. The third-order valence-electron chi connectivity index (χ3n) is 4.17. The number of nitrogens with two attached hydrogens (primary N) is 1. The van der Waals surface area contributed by atoms with Gasteiger partial charge >= 0.3 is 0 Å². The number of amides is 1. The highest BCUT2D eigenvalue weighted by Crippen LogP contribution is 2.33. The van der Waals surface area contributed by atoms with Crippen molar-refractivity contribution in [1.29, 1.82) is 0 Å². The van der Waals surface area contributed by atoms with Crippen molar-refractivity contribution < 1.29 is 4.79 Å². The van der Waals surface area contributed by atoms with E-state index in [-0.39, 0.29) is 17.9 Å². The fraction of sp³-hybridized carbons (Fsp3) is 0.500. The van der Waals surface area contributed by atoms with Crippen LogP contribution in [-0.2, 0) is 11.2 Å². The van der Waals surface area contributed by atoms with E-state index in [0.717, 1.165) is 19.3 Å². The van der Waals surface area contributed by atoms with Crippen LogP contribution >= 0.6 is 12.2 Å². The van der Waals surface area contributed by atoms with Gasteiger partial charge < -0.3 is 10.6 Å². The Morgan fingerprint density at radius 1 is 1.50 bits per heavy atom. The van der Waals surface area contributed by atoms with E-state index in [2.05, 4.69) is 12.1 Å². The van der Waals surface area contributed by atoms with Crippen molar-refractivity contribution in [3.63, 3.8) is 0 Å². The molecule has 0 aliphatic heterocycles. The Kier molecular flexibility index (Phi) is 4.76. The minimum absolute atomic E-state index is 0.0151. The predicted molar refractivity (Wildman–Crippen MR) is 85.8 cm³/mol. The summed E-state index contributed by atoms with van der Waals surface area (Å²) in [5.74, 6) is 0.166. The summed E-state index contributed by atoms with van der Waals surface area (Å²) in [7, 11) is 1.85. The summed E-state index contributed by atoms with van der Waals surface area (Å²) in [5.41, 5.74) is 8.09. The van der Waals surface area contributed by atoms with Gasteiger partial charge in [0.25, 0.3) is 0 Å². The fourth-order valence-electron chi connectivity index (χ4n) is 2.90. The zero-order valence-corrected chi connectivity index (χ0v) is 13.0. The van der Waals surface area contributed by atoms with E-state index in [1.165, 1.54) is 11.1 Å². The second-order valence-corrected chi connectivity index (χ2v) is 6.14. The van der Waals surface area contributed by atoms with E-state index in [9.17, 15) is 4.79 Å². The second kappa shape index (κ2) is 6.35. The number of likely N-dealkylation sites (N-methyl/N-ethyl adjacent to an activating group) is 1. The number of rotatable bonds is 4. The molecule has 2 N–H and O–H groups in total. The van der Waals surface area contributed by atoms with Gasteiger partial charge in [-0.2, -0.15) is 0 Å². The molecule has 20 heavy (non-hydrogen) atoms. The minimum atomic E-state index is -0.0151. The molecule has 2 unspecified atom stereocenters. The monoisotopic (exact) mass is 290 g/mol. The van der Waals surface area contributed by atoms with Gasteiger partial charge in [0, 0.05) is 19.5 Å². The van der Waals surface area contributed by atoms with E-state index in [0.29, 0.717) is 11.4 Å². The van der Waals surface area contributed by atoms with Crippen LogP contribution in [0.4, 0.5) is 0 Å². The highest BCUT2D eigenvalue weighted by molar-refractivity contribution is 7.80. The van der Waals surface area contributed by atoms with Crippen LogP contribution in [0.25, 0.3) is 0 Å². The molecule has 0 saturated carbocycles. The molecule has 1 aromatic rings. The van der Waals surface area contributed by atoms with Crippen LogP contribution in [0, 0.1) is 0 Å². The van der Waals surface area contributed by atoms with Crippen LogP contribution in [0.5, 0.6) is 0 Å². The number of hydrogen-bond donors (Lipinski definition) is 1. The lowest BCUT2D eigenvalue weighted by atomic mass is 9.82. The first-order valence-electron chi connectivity index (χ1n) is 7.13. The molecule has 0 heterocycles. The van der Waals surface area contributed by atoms with Crippen LogP contribution in [0.1, 0.15) is 43.2 Å². The second-order valence-electron chi connectivity index (χ2n) is 5.61. The molecule has 0 aromatic heterocycles. The topological polar surface area (TPSA) is 46.3 Å². The maximum absolute atomic E-state index is 12.7. The van der Waals surface area contributed by atoms with E-state index in [1.807, 2.05) is 26.1 Å². The number of carbonyl (C=O) groups is 1.